The lowest BCUT2D eigenvalue weighted by atomic mass is 9.99. The fourth-order valence-corrected chi connectivity index (χ4v) is 11.6. The van der Waals surface area contributed by atoms with Gasteiger partial charge in [0.15, 0.2) is 0 Å². The van der Waals surface area contributed by atoms with Crippen LogP contribution in [0.1, 0.15) is 95.4 Å². The van der Waals surface area contributed by atoms with E-state index in [1.807, 2.05) is 91.0 Å². The van der Waals surface area contributed by atoms with E-state index in [1.165, 1.54) is 36.4 Å². The molecule has 0 fully saturated rings. The number of H-pyrrole nitrogens is 2. The molecular formula is C90H72Cl4N4O18. The van der Waals surface area contributed by atoms with Crippen LogP contribution in [0.4, 0.5) is 11.4 Å². The zero-order valence-corrected chi connectivity index (χ0v) is 65.4. The van der Waals surface area contributed by atoms with Gasteiger partial charge in [0.05, 0.1) is 58.0 Å². The number of aryl methyl sites for hydroxylation is 1. The highest BCUT2D eigenvalue weighted by Gasteiger charge is 2.22. The maximum atomic E-state index is 11.9. The van der Waals surface area contributed by atoms with E-state index >= 15 is 0 Å². The number of hydrogen-bond donors (Lipinski definition) is 4. The van der Waals surface area contributed by atoms with Crippen molar-refractivity contribution in [1.82, 2.24) is 9.97 Å². The Morgan fingerprint density at radius 2 is 0.716 bits per heavy atom. The first kappa shape index (κ1) is 84.8. The van der Waals surface area contributed by atoms with E-state index in [2.05, 4.69) is 16.0 Å². The summed E-state index contributed by atoms with van der Waals surface area (Å²) >= 11 is 23.4. The normalized spacial score (nSPS) is 10.7. The second-order valence-electron chi connectivity index (χ2n) is 25.0. The molecule has 14 rings (SSSR count). The van der Waals surface area contributed by atoms with E-state index in [9.17, 15) is 49.3 Å². The summed E-state index contributed by atoms with van der Waals surface area (Å²) < 4.78 is 37.6. The maximum absolute atomic E-state index is 11.9. The molecule has 14 aromatic rings. The molecule has 0 saturated heterocycles. The summed E-state index contributed by atoms with van der Waals surface area (Å²) in [6.45, 7) is 7.53. The van der Waals surface area contributed by atoms with Crippen molar-refractivity contribution in [3.05, 3.63) is 364 Å². The van der Waals surface area contributed by atoms with Crippen LogP contribution in [0.15, 0.2) is 279 Å². The Morgan fingerprint density at radius 1 is 0.405 bits per heavy atom. The lowest BCUT2D eigenvalue weighted by molar-refractivity contribution is -0.385. The fraction of sp³-hybridized carbons (Fsp3) is 0.100. The highest BCUT2D eigenvalue weighted by molar-refractivity contribution is 6.31. The number of benzene rings is 12. The van der Waals surface area contributed by atoms with Gasteiger partial charge in [-0.1, -0.05) is 82.8 Å². The number of aldehydes is 1. The van der Waals surface area contributed by atoms with Gasteiger partial charge in [0.2, 0.25) is 0 Å². The summed E-state index contributed by atoms with van der Waals surface area (Å²) in [4.78, 5) is 84.2. The Balaban J connectivity index is 0.000000157. The van der Waals surface area contributed by atoms with E-state index in [0.717, 1.165) is 67.9 Å². The van der Waals surface area contributed by atoms with Gasteiger partial charge in [0.1, 0.15) is 52.3 Å². The average molecular weight is 1640 g/mol. The zero-order valence-electron chi connectivity index (χ0n) is 62.4. The van der Waals surface area contributed by atoms with Crippen LogP contribution in [0.3, 0.4) is 0 Å². The van der Waals surface area contributed by atoms with Crippen LogP contribution >= 0.6 is 46.4 Å². The number of aromatic amines is 2. The summed E-state index contributed by atoms with van der Waals surface area (Å²) in [5.41, 5.74) is 8.40. The molecule has 0 radical (unpaired) electrons. The minimum Gasteiger partial charge on any atom is -0.478 e. The van der Waals surface area contributed by atoms with Crippen molar-refractivity contribution in [3.63, 3.8) is 0 Å². The van der Waals surface area contributed by atoms with Crippen molar-refractivity contribution in [1.29, 1.82) is 0 Å². The molecule has 12 aromatic carbocycles. The van der Waals surface area contributed by atoms with Gasteiger partial charge in [0.25, 0.3) is 11.4 Å². The van der Waals surface area contributed by atoms with Crippen LogP contribution in [-0.4, -0.2) is 80.0 Å². The van der Waals surface area contributed by atoms with Crippen molar-refractivity contribution in [2.24, 2.45) is 0 Å². The van der Waals surface area contributed by atoms with E-state index in [-0.39, 0.29) is 53.7 Å². The number of aliphatic hydroxyl groups excluding tert-OH is 1. The second kappa shape index (κ2) is 41.2. The lowest BCUT2D eigenvalue weighted by Crippen LogP contribution is -2.08. The molecule has 0 saturated carbocycles. The molecule has 0 aliphatic rings. The number of carboxylic acids is 1. The number of hydrogen-bond acceptors (Lipinski definition) is 17. The molecule has 0 aliphatic heterocycles. The number of esters is 3. The van der Waals surface area contributed by atoms with Crippen LogP contribution in [0.25, 0.3) is 44.3 Å². The summed E-state index contributed by atoms with van der Waals surface area (Å²) in [6, 6.07) is 80.6. The van der Waals surface area contributed by atoms with Crippen LogP contribution in [0.2, 0.25) is 20.1 Å². The molecule has 22 nitrogen and oxygen atoms in total. The summed E-state index contributed by atoms with van der Waals surface area (Å²) in [7, 11) is 0. The topological polar surface area (TPSA) is 308 Å². The minimum atomic E-state index is -0.975. The molecule has 4 N–H and O–H groups in total. The number of carbonyl (C=O) groups is 5. The van der Waals surface area contributed by atoms with Gasteiger partial charge >= 0.3 is 23.9 Å². The third kappa shape index (κ3) is 24.5. The number of ether oxygens (including phenoxy) is 7. The second-order valence-corrected chi connectivity index (χ2v) is 26.8. The molecule has 0 aliphatic carbocycles. The van der Waals surface area contributed by atoms with Crippen molar-refractivity contribution >= 4 is 110 Å². The molecule has 26 heteroatoms. The Bertz CT molecular complexity index is 5730. The van der Waals surface area contributed by atoms with Crippen molar-refractivity contribution in [2.45, 2.75) is 40.2 Å². The Morgan fingerprint density at radius 3 is 1.07 bits per heavy atom. The van der Waals surface area contributed by atoms with E-state index in [1.54, 1.807) is 173 Å². The molecule has 2 aromatic heterocycles. The third-order valence-electron chi connectivity index (χ3n) is 16.9. The number of halogens is 4. The van der Waals surface area contributed by atoms with Crippen LogP contribution in [0, 0.1) is 27.2 Å². The monoisotopic (exact) mass is 1640 g/mol. The first-order valence-electron chi connectivity index (χ1n) is 35.7. The number of nitro groups is 2. The largest absolute Gasteiger partial charge is 0.478 e. The standard InChI is InChI=1S/C23H20ClNO6.C23H18ClNO3.C21H14ClNO3.C13H9ClO2.C10H11NO4/c1-2-30-23(27)17-4-3-16(21(13-17)25(28)29)14-22(26)15-5-9-19(10-6-15)31-20-11-7-18(24)8-12-20;1-2-27-23(26)17-4-3-16-13-21(25-22(16)14-17)15-5-9-19(10-6-15)28-20-11-7-18(24)8-12-20;22-16-5-9-18(10-6-16)26-17-7-3-13(4-8-17)19-11-14-1-2-15(21(24)25)12-20(14)23-19;14-11-3-7-13(8-4-11)16-12-5-1-10(9-15)2-6-12;1-3-15-10(12)8-5-4-7(2)9(6-8)11(13)14/h3-13,22,26H,2,14H2,1H3;3-14,25H,2H2,1H3;1-12,23H,(H,24,25);1-9H;4-6H,3H2,1-2H3. The van der Waals surface area contributed by atoms with Crippen LogP contribution < -0.4 is 18.9 Å². The van der Waals surface area contributed by atoms with Gasteiger partial charge in [-0.25, -0.2) is 19.2 Å². The predicted molar refractivity (Wildman–Crippen MR) is 446 cm³/mol. The van der Waals surface area contributed by atoms with E-state index in [0.29, 0.717) is 83.3 Å². The Labute approximate surface area is 685 Å². The number of aliphatic hydroxyl groups is 1. The van der Waals surface area contributed by atoms with Crippen molar-refractivity contribution < 1.29 is 77.2 Å². The number of rotatable bonds is 23. The number of fused-ring (bicyclic) bond motifs is 2. The fourth-order valence-electron chi connectivity index (χ4n) is 11.1. The number of aromatic nitrogens is 2. The van der Waals surface area contributed by atoms with Gasteiger partial charge in [-0.05, 0) is 275 Å². The number of aromatic carboxylic acids is 1. The highest BCUT2D eigenvalue weighted by atomic mass is 35.5. The van der Waals surface area contributed by atoms with Gasteiger partial charge in [-0.3, -0.25) is 25.0 Å². The SMILES string of the molecule is CCOC(=O)c1ccc(C)c([N+](=O)[O-])c1.CCOC(=O)c1ccc(CC(O)c2ccc(Oc3ccc(Cl)cc3)cc2)c([N+](=O)[O-])c1.CCOC(=O)c1ccc2cc(-c3ccc(Oc4ccc(Cl)cc4)cc3)[nH]c2c1.O=C(O)c1ccc2cc(-c3ccc(Oc4ccc(Cl)cc4)cc3)[nH]c2c1.O=Cc1ccc(Oc2ccc(Cl)cc2)cc1. The number of nitrogens with one attached hydrogen (secondary N) is 2. The predicted octanol–water partition coefficient (Wildman–Crippen LogP) is 24.0. The highest BCUT2D eigenvalue weighted by Crippen LogP contribution is 2.34. The molecule has 1 atom stereocenters. The first-order chi connectivity index (χ1) is 55.9. The van der Waals surface area contributed by atoms with Gasteiger partial charge in [-0.15, -0.1) is 0 Å². The van der Waals surface area contributed by atoms with Crippen LogP contribution in [0.5, 0.6) is 46.0 Å². The molecule has 116 heavy (non-hydrogen) atoms. The summed E-state index contributed by atoms with van der Waals surface area (Å²) in [5, 5.41) is 46.4. The van der Waals surface area contributed by atoms with Crippen molar-refractivity contribution in [3.8, 4) is 68.5 Å². The summed E-state index contributed by atoms with van der Waals surface area (Å²) in [6.07, 6.45) is -0.167. The molecule has 1 unspecified atom stereocenters. The Kier molecular flexibility index (Phi) is 30.2. The number of carboxylic acid groups (broad SMARTS) is 1. The molecular weight excluding hydrogens is 1570 g/mol. The number of carbonyl (C=O) groups excluding carboxylic acids is 4. The molecule has 2 heterocycles. The average Bonchev–Trinajstić information content (AvgIpc) is 1.64. The molecule has 0 bridgehead atoms. The molecule has 0 spiro atoms. The van der Waals surface area contributed by atoms with Crippen LogP contribution in [-0.2, 0) is 20.6 Å². The quantitative estimate of drug-likeness (QED) is 0.0152. The Hall–Kier alpha value is -13.6. The number of nitrogens with zero attached hydrogens (tertiary/aromatic N) is 2. The third-order valence-corrected chi connectivity index (χ3v) is 17.9. The number of nitro benzene ring substituents is 2. The molecule has 588 valence electrons. The zero-order chi connectivity index (χ0) is 82.8. The van der Waals surface area contributed by atoms with Crippen molar-refractivity contribution in [2.75, 3.05) is 19.8 Å². The van der Waals surface area contributed by atoms with Gasteiger partial charge in [-0.2, -0.15) is 0 Å². The van der Waals surface area contributed by atoms with Gasteiger partial charge in [0, 0.05) is 88.5 Å². The first-order valence-corrected chi connectivity index (χ1v) is 37.2. The van der Waals surface area contributed by atoms with Gasteiger partial charge < -0.3 is 53.3 Å². The smallest absolute Gasteiger partial charge is 0.338 e. The lowest BCUT2D eigenvalue weighted by Gasteiger charge is -2.13. The molecule has 0 amide bonds. The summed E-state index contributed by atoms with van der Waals surface area (Å²) in [5.74, 6) is 3.08. The minimum absolute atomic E-state index is 0.0107. The van der Waals surface area contributed by atoms with E-state index in [4.69, 9.17) is 84.7 Å². The van der Waals surface area contributed by atoms with E-state index < -0.39 is 33.9 Å². The maximum Gasteiger partial charge on any atom is 0.338 e.